The molecule has 0 bridgehead atoms. The molecule has 0 spiro atoms. The number of hydrogen-bond acceptors (Lipinski definition) is 14. The Morgan fingerprint density at radius 2 is 0.676 bits per heavy atom. The van der Waals surface area contributed by atoms with E-state index in [1.54, 1.807) is 0 Å². The molecule has 2 rings (SSSR count). The lowest BCUT2D eigenvalue weighted by Crippen LogP contribution is -2.03. The van der Waals surface area contributed by atoms with E-state index in [4.69, 9.17) is 0 Å². The molecule has 0 heterocycles. The highest BCUT2D eigenvalue weighted by atomic mass is 16.6. The number of nitro benzene ring substituents is 6. The van der Waals surface area contributed by atoms with Crippen molar-refractivity contribution in [3.63, 3.8) is 0 Å². The summed E-state index contributed by atoms with van der Waals surface area (Å²) in [6.07, 6.45) is 0. The predicted octanol–water partition coefficient (Wildman–Crippen LogP) is 2.91. The second-order valence-corrected chi connectivity index (χ2v) is 5.76. The Hall–Kier alpha value is -5.56. The van der Waals surface area contributed by atoms with E-state index < -0.39 is 63.7 Å². The van der Waals surface area contributed by atoms with Crippen LogP contribution >= 0.6 is 0 Å². The van der Waals surface area contributed by atoms with E-state index in [1.807, 2.05) is 0 Å². The first kappa shape index (κ1) is 26.5. The molecule has 0 atom stereocenters. The van der Waals surface area contributed by atoms with Gasteiger partial charge in [0.05, 0.1) is 53.8 Å². The zero-order valence-electron chi connectivity index (χ0n) is 16.9. The van der Waals surface area contributed by atoms with E-state index in [0.717, 1.165) is 0 Å². The number of hydrogen-bond donors (Lipinski definition) is 2. The molecule has 0 aliphatic carbocycles. The second kappa shape index (κ2) is 10.7. The molecule has 0 saturated heterocycles. The van der Waals surface area contributed by atoms with Gasteiger partial charge >= 0.3 is 22.7 Å². The van der Waals surface area contributed by atoms with Gasteiger partial charge in [-0.3, -0.25) is 60.7 Å². The molecule has 0 aromatic heterocycles. The fourth-order valence-electron chi connectivity index (χ4n) is 2.49. The van der Waals surface area contributed by atoms with Crippen molar-refractivity contribution < 1.29 is 29.5 Å². The fraction of sp³-hybridized carbons (Fsp3) is 0.143. The van der Waals surface area contributed by atoms with E-state index >= 15 is 0 Å². The molecule has 2 N–H and O–H groups in total. The average molecular weight is 484 g/mol. The predicted molar refractivity (Wildman–Crippen MR) is 112 cm³/mol. The third-order valence-electron chi connectivity index (χ3n) is 3.87. The lowest BCUT2D eigenvalue weighted by atomic mass is 10.2. The minimum Gasteiger partial charge on any atom is -0.377 e. The van der Waals surface area contributed by atoms with Gasteiger partial charge in [0.25, 0.3) is 11.4 Å². The highest BCUT2D eigenvalue weighted by Gasteiger charge is 2.30. The molecule has 20 heteroatoms. The van der Waals surface area contributed by atoms with Crippen molar-refractivity contribution in [2.75, 3.05) is 24.7 Å². The van der Waals surface area contributed by atoms with Crippen molar-refractivity contribution >= 4 is 45.5 Å². The van der Waals surface area contributed by atoms with Crippen LogP contribution in [-0.4, -0.2) is 43.6 Å². The van der Waals surface area contributed by atoms with Crippen molar-refractivity contribution in [2.45, 2.75) is 0 Å². The largest absolute Gasteiger partial charge is 0.377 e. The number of non-ortho nitro benzene ring substituents is 2. The van der Waals surface area contributed by atoms with Crippen molar-refractivity contribution in [3.05, 3.63) is 85.0 Å². The van der Waals surface area contributed by atoms with Crippen LogP contribution in [0, 0.1) is 60.7 Å². The van der Waals surface area contributed by atoms with Gasteiger partial charge in [0.1, 0.15) is 0 Å². The van der Waals surface area contributed by atoms with Gasteiger partial charge in [-0.05, 0) is 0 Å². The normalized spacial score (nSPS) is 9.71. The van der Waals surface area contributed by atoms with E-state index in [1.165, 1.54) is 14.1 Å². The van der Waals surface area contributed by atoms with Crippen LogP contribution in [0.3, 0.4) is 0 Å². The van der Waals surface area contributed by atoms with Crippen LogP contribution in [0.1, 0.15) is 0 Å². The monoisotopic (exact) mass is 484 g/mol. The van der Waals surface area contributed by atoms with Gasteiger partial charge in [-0.15, -0.1) is 0 Å². The van der Waals surface area contributed by atoms with Crippen LogP contribution in [0.5, 0.6) is 0 Å². The first-order valence-electron chi connectivity index (χ1n) is 8.34. The Kier molecular flexibility index (Phi) is 8.29. The van der Waals surface area contributed by atoms with Crippen LogP contribution in [0.2, 0.25) is 0 Å². The van der Waals surface area contributed by atoms with E-state index in [2.05, 4.69) is 10.6 Å². The molecule has 2 aromatic carbocycles. The molecule has 0 aliphatic heterocycles. The van der Waals surface area contributed by atoms with Crippen molar-refractivity contribution in [2.24, 2.45) is 0 Å². The number of benzene rings is 2. The molecular weight excluding hydrogens is 472 g/mol. The first-order chi connectivity index (χ1) is 15.8. The SMILES string of the molecule is CNc1c([N+](=O)[O-])cc([N+](=O)[O-])cc1[N+](=O)[O-].CNc1c([N+](=O)[O-])cc([N+](=O)[O-])cc1[N+](=O)[O-]. The summed E-state index contributed by atoms with van der Waals surface area (Å²) in [5.41, 5.74) is -5.01. The quantitative estimate of drug-likeness (QED) is 0.402. The number of rotatable bonds is 8. The van der Waals surface area contributed by atoms with Crippen molar-refractivity contribution in [3.8, 4) is 0 Å². The maximum absolute atomic E-state index is 10.7. The Labute approximate surface area is 185 Å². The van der Waals surface area contributed by atoms with Crippen molar-refractivity contribution in [1.82, 2.24) is 0 Å². The van der Waals surface area contributed by atoms with Gasteiger partial charge in [0.15, 0.2) is 11.4 Å². The summed E-state index contributed by atoms with van der Waals surface area (Å²) < 4.78 is 0. The zero-order chi connectivity index (χ0) is 26.3. The van der Waals surface area contributed by atoms with Gasteiger partial charge in [-0.2, -0.15) is 0 Å². The summed E-state index contributed by atoms with van der Waals surface area (Å²) in [6.45, 7) is 0. The minimum absolute atomic E-state index is 0.370. The summed E-state index contributed by atoms with van der Waals surface area (Å²) >= 11 is 0. The van der Waals surface area contributed by atoms with Crippen LogP contribution in [0.4, 0.5) is 45.5 Å². The first-order valence-corrected chi connectivity index (χ1v) is 8.34. The Balaban J connectivity index is 0.000000340. The fourth-order valence-corrected chi connectivity index (χ4v) is 2.49. The number of nitro groups is 6. The van der Waals surface area contributed by atoms with E-state index in [9.17, 15) is 60.7 Å². The molecule has 0 amide bonds. The lowest BCUT2D eigenvalue weighted by Gasteiger charge is -2.02. The van der Waals surface area contributed by atoms with Crippen LogP contribution in [-0.2, 0) is 0 Å². The standard InChI is InChI=1S/2C7H6N4O6/c2*1-8-7-5(10(14)15)2-4(9(12)13)3-6(7)11(16)17/h2*2-3,8H,1H3. The van der Waals surface area contributed by atoms with Crippen LogP contribution in [0.25, 0.3) is 0 Å². The molecule has 20 nitrogen and oxygen atoms in total. The molecule has 0 aliphatic rings. The summed E-state index contributed by atoms with van der Waals surface area (Å²) in [7, 11) is 2.50. The third kappa shape index (κ3) is 5.77. The minimum atomic E-state index is -0.931. The average Bonchev–Trinajstić information content (AvgIpc) is 2.76. The molecular formula is C14H12N8O12. The molecule has 0 unspecified atom stereocenters. The lowest BCUT2D eigenvalue weighted by molar-refractivity contribution is -0.402. The Morgan fingerprint density at radius 1 is 0.471 bits per heavy atom. The molecule has 0 radical (unpaired) electrons. The molecule has 0 saturated carbocycles. The highest BCUT2D eigenvalue weighted by Crippen LogP contribution is 2.38. The van der Waals surface area contributed by atoms with Gasteiger partial charge in [-0.25, -0.2) is 0 Å². The maximum Gasteiger partial charge on any atom is 0.306 e. The Bertz CT molecular complexity index is 1050. The summed E-state index contributed by atoms with van der Waals surface area (Å²) in [5.74, 6) is 0. The Morgan fingerprint density at radius 3 is 0.794 bits per heavy atom. The van der Waals surface area contributed by atoms with Gasteiger partial charge < -0.3 is 10.6 Å². The molecule has 180 valence electrons. The molecule has 0 fully saturated rings. The third-order valence-corrected chi connectivity index (χ3v) is 3.87. The number of anilines is 2. The maximum atomic E-state index is 10.7. The van der Waals surface area contributed by atoms with Gasteiger partial charge in [0.2, 0.25) is 0 Å². The molecule has 34 heavy (non-hydrogen) atoms. The topological polar surface area (TPSA) is 283 Å². The number of nitrogens with zero attached hydrogens (tertiary/aromatic N) is 6. The number of nitrogens with one attached hydrogen (secondary N) is 2. The highest BCUT2D eigenvalue weighted by molar-refractivity contribution is 5.77. The zero-order valence-corrected chi connectivity index (χ0v) is 16.9. The van der Waals surface area contributed by atoms with Crippen LogP contribution in [0.15, 0.2) is 24.3 Å². The van der Waals surface area contributed by atoms with Gasteiger partial charge in [0, 0.05) is 14.1 Å². The summed E-state index contributed by atoms with van der Waals surface area (Å²) in [5, 5.41) is 68.2. The van der Waals surface area contributed by atoms with E-state index in [-0.39, 0.29) is 11.4 Å². The van der Waals surface area contributed by atoms with Crippen molar-refractivity contribution in [1.29, 1.82) is 0 Å². The molecule has 2 aromatic rings. The second-order valence-electron chi connectivity index (χ2n) is 5.76. The van der Waals surface area contributed by atoms with E-state index in [0.29, 0.717) is 24.3 Å². The smallest absolute Gasteiger partial charge is 0.306 e. The summed E-state index contributed by atoms with van der Waals surface area (Å²) in [6, 6.07) is 2.66. The van der Waals surface area contributed by atoms with Gasteiger partial charge in [-0.1, -0.05) is 0 Å². The summed E-state index contributed by atoms with van der Waals surface area (Å²) in [4.78, 5) is 58.0. The van der Waals surface area contributed by atoms with Crippen LogP contribution < -0.4 is 10.6 Å².